The van der Waals surface area contributed by atoms with Gasteiger partial charge in [-0.05, 0) is 80.4 Å². The predicted molar refractivity (Wildman–Crippen MR) is 115 cm³/mol. The molecule has 0 saturated heterocycles. The maximum absolute atomic E-state index is 3.62. The van der Waals surface area contributed by atoms with E-state index in [1.165, 1.54) is 11.1 Å². The van der Waals surface area contributed by atoms with Crippen molar-refractivity contribution in [3.8, 4) is 0 Å². The van der Waals surface area contributed by atoms with Crippen LogP contribution < -0.4 is 0 Å². The Morgan fingerprint density at radius 2 is 0.640 bits per heavy atom. The Kier molecular flexibility index (Phi) is 16.3. The van der Waals surface area contributed by atoms with Gasteiger partial charge in [-0.25, -0.2) is 0 Å². The van der Waals surface area contributed by atoms with Crippen LogP contribution in [0.25, 0.3) is 0 Å². The second kappa shape index (κ2) is 14.7. The predicted octanol–water partition coefficient (Wildman–Crippen LogP) is 6.28. The minimum atomic E-state index is -1.19. The molecule has 0 aromatic rings. The first-order valence-corrected chi connectivity index (χ1v) is 15.6. The van der Waals surface area contributed by atoms with E-state index in [9.17, 15) is 0 Å². The topological polar surface area (TPSA) is 0 Å². The van der Waals surface area contributed by atoms with E-state index in [-0.39, 0.29) is 21.7 Å². The molecule has 0 amide bonds. The van der Waals surface area contributed by atoms with Crippen LogP contribution in [-0.2, 0) is 21.7 Å². The summed E-state index contributed by atoms with van der Waals surface area (Å²) in [7, 11) is -2.38. The molecule has 25 heavy (non-hydrogen) atoms. The van der Waals surface area contributed by atoms with Crippen molar-refractivity contribution in [3.05, 3.63) is 86.8 Å². The van der Waals surface area contributed by atoms with E-state index < -0.39 is 16.1 Å². The summed E-state index contributed by atoms with van der Waals surface area (Å²) in [6, 6.07) is 0. The quantitative estimate of drug-likeness (QED) is 0.296. The second-order valence-corrected chi connectivity index (χ2v) is 17.4. The van der Waals surface area contributed by atoms with Gasteiger partial charge in [-0.1, -0.05) is 39.3 Å². The van der Waals surface area contributed by atoms with Crippen LogP contribution in [-0.4, -0.2) is 16.1 Å². The van der Waals surface area contributed by atoms with Gasteiger partial charge >= 0.3 is 21.7 Å². The maximum Gasteiger partial charge on any atom is 2.00 e. The van der Waals surface area contributed by atoms with Gasteiger partial charge in [0.05, 0.1) is 0 Å². The third kappa shape index (κ3) is 20.8. The zero-order valence-corrected chi connectivity index (χ0v) is 20.8. The van der Waals surface area contributed by atoms with Crippen molar-refractivity contribution in [1.82, 2.24) is 0 Å². The summed E-state index contributed by atoms with van der Waals surface area (Å²) in [5.41, 5.74) is 9.86. The van der Waals surface area contributed by atoms with Crippen molar-refractivity contribution in [2.45, 2.75) is 53.1 Å². The molecule has 0 unspecified atom stereocenters. The standard InChI is InChI=1S/C12H24Si2.2C5H5.Ti/c1-11(9-13(3,4)5)12(2)10-14(6,7)8;2*1-2-4-5-3-1;/h1-8H3;2*1-5H;/q-2;;;+2. The summed E-state index contributed by atoms with van der Waals surface area (Å²) in [6.07, 6.45) is 20.0. The summed E-state index contributed by atoms with van der Waals surface area (Å²) in [4.78, 5) is 0. The van der Waals surface area contributed by atoms with Crippen molar-refractivity contribution < 1.29 is 21.7 Å². The molecule has 0 heterocycles. The average molecular weight is 403 g/mol. The summed E-state index contributed by atoms with van der Waals surface area (Å²) in [5.74, 6) is 0. The Bertz CT molecular complexity index is 323. The second-order valence-electron chi connectivity index (χ2n) is 7.92. The third-order valence-corrected chi connectivity index (χ3v) is 5.05. The van der Waals surface area contributed by atoms with Crippen molar-refractivity contribution in [3.63, 3.8) is 0 Å². The fourth-order valence-corrected chi connectivity index (χ4v) is 4.58. The molecular weight excluding hydrogens is 368 g/mol. The van der Waals surface area contributed by atoms with Gasteiger partial charge in [0.25, 0.3) is 0 Å². The molecule has 0 aromatic heterocycles. The molecule has 0 nitrogen and oxygen atoms in total. The first kappa shape index (κ1) is 27.8. The normalized spacial score (nSPS) is 18.6. The Morgan fingerprint density at radius 3 is 0.760 bits per heavy atom. The summed E-state index contributed by atoms with van der Waals surface area (Å²) in [6.45, 7) is 18.2. The Balaban J connectivity index is 0. The molecule has 3 heteroatoms. The molecule has 2 aliphatic carbocycles. The molecule has 2 rings (SSSR count). The molecule has 2 fully saturated rings. The molecule has 2 aliphatic rings. The first-order valence-electron chi connectivity index (χ1n) is 8.58. The van der Waals surface area contributed by atoms with Crippen LogP contribution in [0.5, 0.6) is 0 Å². The minimum Gasteiger partial charge on any atom is -0.378 e. The summed E-state index contributed by atoms with van der Waals surface area (Å²) in [5, 5.41) is 0. The van der Waals surface area contributed by atoms with Gasteiger partial charge in [-0.2, -0.15) is 0 Å². The molecule has 0 atom stereocenters. The third-order valence-electron chi connectivity index (χ3n) is 2.80. The van der Waals surface area contributed by atoms with E-state index >= 15 is 0 Å². The van der Waals surface area contributed by atoms with Gasteiger partial charge in [-0.3, -0.25) is 0 Å². The van der Waals surface area contributed by atoms with Crippen molar-refractivity contribution in [1.29, 1.82) is 0 Å². The van der Waals surface area contributed by atoms with Crippen LogP contribution in [0.4, 0.5) is 0 Å². The molecule has 0 aliphatic heterocycles. The van der Waals surface area contributed by atoms with Crippen LogP contribution in [0.3, 0.4) is 0 Å². The Labute approximate surface area is 177 Å². The van der Waals surface area contributed by atoms with Gasteiger partial charge in [0.1, 0.15) is 0 Å². The minimum absolute atomic E-state index is 0. The fraction of sp³-hybridized carbons (Fsp3) is 0.364. The number of rotatable bonds is 3. The maximum atomic E-state index is 3.62. The molecule has 0 bridgehead atoms. The zero-order valence-electron chi connectivity index (χ0n) is 17.3. The molecule has 0 spiro atoms. The van der Waals surface area contributed by atoms with E-state index in [0.29, 0.717) is 0 Å². The van der Waals surface area contributed by atoms with Crippen LogP contribution >= 0.6 is 0 Å². The largest absolute Gasteiger partial charge is 2.00 e. The summed E-state index contributed by atoms with van der Waals surface area (Å²) < 4.78 is 0. The van der Waals surface area contributed by atoms with E-state index in [2.05, 4.69) is 64.5 Å². The van der Waals surface area contributed by atoms with Gasteiger partial charge in [-0.15, -0.1) is 13.8 Å². The van der Waals surface area contributed by atoms with Gasteiger partial charge in [0, 0.05) is 0 Å². The van der Waals surface area contributed by atoms with E-state index in [4.69, 9.17) is 0 Å². The van der Waals surface area contributed by atoms with Gasteiger partial charge in [0.15, 0.2) is 0 Å². The van der Waals surface area contributed by atoms with Crippen LogP contribution in [0, 0.1) is 75.6 Å². The molecule has 10 radical (unpaired) electrons. The van der Waals surface area contributed by atoms with E-state index in [0.717, 1.165) is 0 Å². The van der Waals surface area contributed by atoms with Crippen LogP contribution in [0.2, 0.25) is 39.3 Å². The Morgan fingerprint density at radius 1 is 0.480 bits per heavy atom. The van der Waals surface area contributed by atoms with Crippen molar-refractivity contribution in [2.75, 3.05) is 0 Å². The van der Waals surface area contributed by atoms with E-state index in [1.54, 1.807) is 0 Å². The average Bonchev–Trinajstić information content (AvgIpc) is 3.14. The smallest absolute Gasteiger partial charge is 0.378 e. The van der Waals surface area contributed by atoms with Crippen LogP contribution in [0.15, 0.2) is 11.1 Å². The number of hydrogen-bond acceptors (Lipinski definition) is 0. The van der Waals surface area contributed by atoms with E-state index in [1.807, 2.05) is 64.2 Å². The number of hydrogen-bond donors (Lipinski definition) is 0. The fourth-order valence-electron chi connectivity index (χ4n) is 1.95. The number of allylic oxidation sites excluding steroid dienone is 2. The molecule has 0 N–H and O–H groups in total. The van der Waals surface area contributed by atoms with Gasteiger partial charge in [0.2, 0.25) is 0 Å². The first-order chi connectivity index (χ1) is 11.0. The molecular formula is C22H34Si2Ti. The van der Waals surface area contributed by atoms with Gasteiger partial charge < -0.3 is 22.5 Å². The monoisotopic (exact) mass is 402 g/mol. The zero-order chi connectivity index (χ0) is 18.6. The molecule has 2 saturated carbocycles. The van der Waals surface area contributed by atoms with Crippen LogP contribution in [0.1, 0.15) is 13.8 Å². The molecule has 134 valence electrons. The SMILES string of the molecule is CC(=[C-][Si](C)(C)C)C(C)=[C-][Si](C)(C)C.[CH]1[CH][CH][CH][CH]1.[CH]1[CH][CH][CH][CH]1.[Ti+2]. The van der Waals surface area contributed by atoms with Crippen molar-refractivity contribution >= 4 is 16.1 Å². The summed E-state index contributed by atoms with van der Waals surface area (Å²) >= 11 is 0. The molecule has 0 aromatic carbocycles. The Hall–Kier alpha value is 0.628. The van der Waals surface area contributed by atoms with Crippen molar-refractivity contribution in [2.24, 2.45) is 0 Å².